The highest BCUT2D eigenvalue weighted by atomic mass is 16.5. The number of hydrogen-bond donors (Lipinski definition) is 0. The third kappa shape index (κ3) is 5.53. The van der Waals surface area contributed by atoms with E-state index in [-0.39, 0.29) is 18.0 Å². The average molecular weight is 422 g/mol. The van der Waals surface area contributed by atoms with Crippen LogP contribution in [-0.2, 0) is 22.6 Å². The smallest absolute Gasteiger partial charge is 0.269 e. The molecule has 0 saturated carbocycles. The Kier molecular flexibility index (Phi) is 7.01. The molecule has 0 unspecified atom stereocenters. The molecule has 8 nitrogen and oxygen atoms in total. The lowest BCUT2D eigenvalue weighted by atomic mass is 10.2. The maximum atomic E-state index is 13.3. The number of para-hydroxylation sites is 2. The number of aromatic nitrogens is 3. The van der Waals surface area contributed by atoms with Crippen LogP contribution in [0.3, 0.4) is 0 Å². The van der Waals surface area contributed by atoms with Crippen molar-refractivity contribution in [3.63, 3.8) is 0 Å². The van der Waals surface area contributed by atoms with Crippen LogP contribution in [0.15, 0.2) is 59.8 Å². The number of carbonyl (C=O) groups is 1. The number of amides is 1. The third-order valence-electron chi connectivity index (χ3n) is 5.53. The first-order valence-corrected chi connectivity index (χ1v) is 10.6. The van der Waals surface area contributed by atoms with Gasteiger partial charge in [-0.15, -0.1) is 0 Å². The van der Waals surface area contributed by atoms with Crippen LogP contribution < -0.4 is 5.56 Å². The Morgan fingerprint density at radius 3 is 2.68 bits per heavy atom. The molecule has 1 aromatic carbocycles. The van der Waals surface area contributed by atoms with Gasteiger partial charge < -0.3 is 9.64 Å². The molecule has 0 spiro atoms. The van der Waals surface area contributed by atoms with Gasteiger partial charge in [0.15, 0.2) is 0 Å². The quantitative estimate of drug-likeness (QED) is 0.549. The van der Waals surface area contributed by atoms with Gasteiger partial charge in [0.2, 0.25) is 5.91 Å². The molecular weight excluding hydrogens is 394 g/mol. The lowest BCUT2D eigenvalue weighted by Crippen LogP contribution is -2.40. The standard InChI is InChI=1S/C23H27N5O3/c29-22-16-25-20-4-1-2-5-21(20)28(22)18-23(30)27(17-19-6-8-24-9-7-19)11-3-10-26-12-14-31-15-13-26/h1-2,4-9,16H,3,10-15,17-18H2. The molecule has 0 atom stereocenters. The fourth-order valence-electron chi connectivity index (χ4n) is 3.82. The van der Waals surface area contributed by atoms with Gasteiger partial charge in [-0.25, -0.2) is 4.98 Å². The van der Waals surface area contributed by atoms with Gasteiger partial charge in [-0.05, 0) is 36.2 Å². The molecule has 1 fully saturated rings. The summed E-state index contributed by atoms with van der Waals surface area (Å²) in [6, 6.07) is 11.2. The molecule has 0 aliphatic carbocycles. The number of nitrogens with zero attached hydrogens (tertiary/aromatic N) is 5. The van der Waals surface area contributed by atoms with Crippen LogP contribution in [-0.4, -0.2) is 69.6 Å². The molecule has 31 heavy (non-hydrogen) atoms. The maximum absolute atomic E-state index is 13.3. The van der Waals surface area contributed by atoms with E-state index in [0.717, 1.165) is 44.8 Å². The Bertz CT molecular complexity index is 1060. The lowest BCUT2D eigenvalue weighted by molar-refractivity contribution is -0.132. The molecule has 0 bridgehead atoms. The fourth-order valence-corrected chi connectivity index (χ4v) is 3.82. The molecule has 3 heterocycles. The van der Waals surface area contributed by atoms with Gasteiger partial charge in [0.1, 0.15) is 6.54 Å². The van der Waals surface area contributed by atoms with E-state index in [9.17, 15) is 9.59 Å². The van der Waals surface area contributed by atoms with Gasteiger partial charge in [0, 0.05) is 45.1 Å². The molecule has 3 aromatic rings. The fraction of sp³-hybridized carbons (Fsp3) is 0.391. The average Bonchev–Trinajstić information content (AvgIpc) is 2.81. The molecule has 0 radical (unpaired) electrons. The van der Waals surface area contributed by atoms with E-state index < -0.39 is 0 Å². The summed E-state index contributed by atoms with van der Waals surface area (Å²) in [4.78, 5) is 38.2. The number of hydrogen-bond acceptors (Lipinski definition) is 6. The summed E-state index contributed by atoms with van der Waals surface area (Å²) >= 11 is 0. The zero-order chi connectivity index (χ0) is 21.5. The molecule has 1 aliphatic heterocycles. The van der Waals surface area contributed by atoms with Crippen LogP contribution in [0.4, 0.5) is 0 Å². The summed E-state index contributed by atoms with van der Waals surface area (Å²) < 4.78 is 6.91. The van der Waals surface area contributed by atoms with Gasteiger partial charge in [-0.2, -0.15) is 0 Å². The van der Waals surface area contributed by atoms with Crippen molar-refractivity contribution in [2.24, 2.45) is 0 Å². The van der Waals surface area contributed by atoms with Crippen LogP contribution in [0, 0.1) is 0 Å². The lowest BCUT2D eigenvalue weighted by Gasteiger charge is -2.28. The van der Waals surface area contributed by atoms with Crippen molar-refractivity contribution in [3.8, 4) is 0 Å². The summed E-state index contributed by atoms with van der Waals surface area (Å²) in [6.07, 6.45) is 5.60. The summed E-state index contributed by atoms with van der Waals surface area (Å²) in [5.41, 5.74) is 2.11. The van der Waals surface area contributed by atoms with Crippen molar-refractivity contribution < 1.29 is 9.53 Å². The number of carbonyl (C=O) groups excluding carboxylic acids is 1. The Balaban J connectivity index is 1.49. The number of fused-ring (bicyclic) bond motifs is 1. The predicted molar refractivity (Wildman–Crippen MR) is 118 cm³/mol. The number of ether oxygens (including phenoxy) is 1. The highest BCUT2D eigenvalue weighted by Crippen LogP contribution is 2.11. The second kappa shape index (κ2) is 10.3. The first-order valence-electron chi connectivity index (χ1n) is 10.6. The van der Waals surface area contributed by atoms with E-state index in [1.165, 1.54) is 10.8 Å². The predicted octanol–water partition coefficient (Wildman–Crippen LogP) is 1.54. The van der Waals surface area contributed by atoms with Gasteiger partial charge in [0.05, 0.1) is 30.4 Å². The Hall–Kier alpha value is -3.10. The van der Waals surface area contributed by atoms with Crippen LogP contribution in [0.25, 0.3) is 11.0 Å². The summed E-state index contributed by atoms with van der Waals surface area (Å²) in [7, 11) is 0. The van der Waals surface area contributed by atoms with Crippen LogP contribution >= 0.6 is 0 Å². The largest absolute Gasteiger partial charge is 0.379 e. The van der Waals surface area contributed by atoms with E-state index >= 15 is 0 Å². The topological polar surface area (TPSA) is 80.6 Å². The van der Waals surface area contributed by atoms with Crippen LogP contribution in [0.1, 0.15) is 12.0 Å². The second-order valence-corrected chi connectivity index (χ2v) is 7.65. The molecule has 1 aliphatic rings. The van der Waals surface area contributed by atoms with Crippen molar-refractivity contribution in [3.05, 3.63) is 70.9 Å². The Labute approximate surface area is 181 Å². The van der Waals surface area contributed by atoms with Crippen LogP contribution in [0.5, 0.6) is 0 Å². The first-order chi connectivity index (χ1) is 15.2. The number of rotatable bonds is 8. The maximum Gasteiger partial charge on any atom is 0.269 e. The van der Waals surface area contributed by atoms with E-state index in [4.69, 9.17) is 4.74 Å². The van der Waals surface area contributed by atoms with Crippen molar-refractivity contribution >= 4 is 16.9 Å². The van der Waals surface area contributed by atoms with Crippen molar-refractivity contribution in [2.45, 2.75) is 19.5 Å². The minimum atomic E-state index is -0.274. The van der Waals surface area contributed by atoms with E-state index in [1.807, 2.05) is 41.3 Å². The Morgan fingerprint density at radius 1 is 1.10 bits per heavy atom. The molecule has 1 saturated heterocycles. The number of benzene rings is 1. The molecule has 0 N–H and O–H groups in total. The van der Waals surface area contributed by atoms with Gasteiger partial charge >= 0.3 is 0 Å². The van der Waals surface area contributed by atoms with E-state index in [0.29, 0.717) is 24.1 Å². The second-order valence-electron chi connectivity index (χ2n) is 7.65. The summed E-state index contributed by atoms with van der Waals surface area (Å²) in [5, 5.41) is 0. The van der Waals surface area contributed by atoms with Crippen molar-refractivity contribution in [2.75, 3.05) is 39.4 Å². The highest BCUT2D eigenvalue weighted by Gasteiger charge is 2.18. The normalized spacial score (nSPS) is 14.6. The third-order valence-corrected chi connectivity index (χ3v) is 5.53. The van der Waals surface area contributed by atoms with Crippen molar-refractivity contribution in [1.29, 1.82) is 0 Å². The summed E-state index contributed by atoms with van der Waals surface area (Å²) in [6.45, 7) is 5.40. The first kappa shape index (κ1) is 21.1. The van der Waals surface area contributed by atoms with Gasteiger partial charge in [-0.1, -0.05) is 12.1 Å². The van der Waals surface area contributed by atoms with Gasteiger partial charge in [-0.3, -0.25) is 24.0 Å². The Morgan fingerprint density at radius 2 is 1.87 bits per heavy atom. The molecule has 8 heteroatoms. The molecule has 4 rings (SSSR count). The molecule has 2 aromatic heterocycles. The molecule has 162 valence electrons. The van der Waals surface area contributed by atoms with Crippen molar-refractivity contribution in [1.82, 2.24) is 24.3 Å². The van der Waals surface area contributed by atoms with E-state index in [2.05, 4.69) is 14.9 Å². The van der Waals surface area contributed by atoms with E-state index in [1.54, 1.807) is 12.4 Å². The SMILES string of the molecule is O=C(Cn1c(=O)cnc2ccccc21)N(CCCN1CCOCC1)Cc1ccncc1. The number of morpholine rings is 1. The van der Waals surface area contributed by atoms with Gasteiger partial charge in [0.25, 0.3) is 5.56 Å². The minimum Gasteiger partial charge on any atom is -0.379 e. The molecular formula is C23H27N5O3. The monoisotopic (exact) mass is 421 g/mol. The summed E-state index contributed by atoms with van der Waals surface area (Å²) in [5.74, 6) is -0.0859. The van der Waals surface area contributed by atoms with Crippen LogP contribution in [0.2, 0.25) is 0 Å². The molecule has 1 amide bonds. The zero-order valence-corrected chi connectivity index (χ0v) is 17.5. The number of pyridine rings is 1. The highest BCUT2D eigenvalue weighted by molar-refractivity contribution is 5.80. The minimum absolute atomic E-state index is 0.00942. The zero-order valence-electron chi connectivity index (χ0n) is 17.5.